The minimum absolute atomic E-state index is 0.0173. The van der Waals surface area contributed by atoms with Crippen molar-refractivity contribution in [1.82, 2.24) is 15.3 Å². The molecule has 3 heterocycles. The van der Waals surface area contributed by atoms with Crippen molar-refractivity contribution in [2.75, 3.05) is 41.7 Å². The Balaban J connectivity index is 1.57. The number of piperidine rings is 1. The molecule has 0 radical (unpaired) electrons. The second kappa shape index (κ2) is 9.07. The lowest BCUT2D eigenvalue weighted by molar-refractivity contribution is -0.119. The highest BCUT2D eigenvalue weighted by Crippen LogP contribution is 2.29. The standard InChI is InChI=1S/C21H26ClN7O2/c1-12-10-13(2-3-16(12)29-8-5-15(30)6-9-29)25-20-17(19(23)31)27-18(22)21(28-20)26-14-4-7-24-11-14/h2-3,10,14,24H,4-9,11H2,1H3,(H2,23,31)(H2,25,26,28)/t14-/m1/s1. The van der Waals surface area contributed by atoms with E-state index in [1.807, 2.05) is 25.1 Å². The Morgan fingerprint density at radius 3 is 2.68 bits per heavy atom. The molecular formula is C21H26ClN7O2. The van der Waals surface area contributed by atoms with Crippen LogP contribution in [0.3, 0.4) is 0 Å². The van der Waals surface area contributed by atoms with Crippen molar-refractivity contribution in [3.8, 4) is 0 Å². The zero-order valence-corrected chi connectivity index (χ0v) is 18.1. The van der Waals surface area contributed by atoms with Crippen LogP contribution in [-0.4, -0.2) is 53.9 Å². The van der Waals surface area contributed by atoms with E-state index in [1.165, 1.54) is 0 Å². The molecule has 5 N–H and O–H groups in total. The molecule has 1 aromatic heterocycles. The van der Waals surface area contributed by atoms with Crippen molar-refractivity contribution in [3.63, 3.8) is 0 Å². The molecule has 2 fully saturated rings. The van der Waals surface area contributed by atoms with E-state index >= 15 is 0 Å². The number of ketones is 1. The van der Waals surface area contributed by atoms with Crippen LogP contribution in [0.15, 0.2) is 18.2 Å². The molecule has 9 nitrogen and oxygen atoms in total. The number of hydrogen-bond donors (Lipinski definition) is 4. The van der Waals surface area contributed by atoms with E-state index in [0.29, 0.717) is 24.4 Å². The highest BCUT2D eigenvalue weighted by Gasteiger charge is 2.22. The number of benzene rings is 1. The molecule has 10 heteroatoms. The third-order valence-corrected chi connectivity index (χ3v) is 5.87. The molecule has 4 rings (SSSR count). The minimum atomic E-state index is -0.711. The summed E-state index contributed by atoms with van der Waals surface area (Å²) in [6.45, 7) is 5.20. The summed E-state index contributed by atoms with van der Waals surface area (Å²) in [4.78, 5) is 34.4. The Bertz CT molecular complexity index is 997. The Labute approximate surface area is 185 Å². The average molecular weight is 444 g/mol. The predicted molar refractivity (Wildman–Crippen MR) is 121 cm³/mol. The molecule has 1 amide bonds. The van der Waals surface area contributed by atoms with Crippen LogP contribution in [0.2, 0.25) is 5.15 Å². The van der Waals surface area contributed by atoms with Gasteiger partial charge in [-0.2, -0.15) is 0 Å². The normalized spacial score (nSPS) is 18.8. The lowest BCUT2D eigenvalue weighted by atomic mass is 10.1. The van der Waals surface area contributed by atoms with Crippen LogP contribution in [0.1, 0.15) is 35.3 Å². The first-order chi connectivity index (χ1) is 14.9. The molecule has 0 saturated carbocycles. The van der Waals surface area contributed by atoms with E-state index in [2.05, 4.69) is 30.8 Å². The molecule has 2 aliphatic heterocycles. The topological polar surface area (TPSA) is 125 Å². The molecule has 2 aliphatic rings. The highest BCUT2D eigenvalue weighted by molar-refractivity contribution is 6.32. The van der Waals surface area contributed by atoms with Crippen molar-refractivity contribution in [2.45, 2.75) is 32.2 Å². The van der Waals surface area contributed by atoms with Crippen molar-refractivity contribution >= 4 is 46.3 Å². The van der Waals surface area contributed by atoms with E-state index in [9.17, 15) is 9.59 Å². The first-order valence-electron chi connectivity index (χ1n) is 10.4. The summed E-state index contributed by atoms with van der Waals surface area (Å²) in [7, 11) is 0. The number of primary amides is 1. The van der Waals surface area contributed by atoms with Crippen LogP contribution in [0.25, 0.3) is 0 Å². The molecule has 0 aliphatic carbocycles. The van der Waals surface area contributed by atoms with Gasteiger partial charge in [0.2, 0.25) is 0 Å². The maximum Gasteiger partial charge on any atom is 0.271 e. The van der Waals surface area contributed by atoms with E-state index in [1.54, 1.807) is 0 Å². The monoisotopic (exact) mass is 443 g/mol. The molecule has 1 atom stereocenters. The zero-order chi connectivity index (χ0) is 22.0. The van der Waals surface area contributed by atoms with Gasteiger partial charge >= 0.3 is 0 Å². The number of aryl methyl sites for hydroxylation is 1. The molecule has 1 aromatic carbocycles. The number of halogens is 1. The summed E-state index contributed by atoms with van der Waals surface area (Å²) in [6, 6.07) is 6.08. The fraction of sp³-hybridized carbons (Fsp3) is 0.429. The van der Waals surface area contributed by atoms with Gasteiger partial charge in [0.05, 0.1) is 0 Å². The van der Waals surface area contributed by atoms with E-state index < -0.39 is 5.91 Å². The zero-order valence-electron chi connectivity index (χ0n) is 17.4. The van der Waals surface area contributed by atoms with Crippen molar-refractivity contribution in [1.29, 1.82) is 0 Å². The average Bonchev–Trinajstić information content (AvgIpc) is 3.24. The Morgan fingerprint density at radius 2 is 2.03 bits per heavy atom. The number of aromatic nitrogens is 2. The fourth-order valence-electron chi connectivity index (χ4n) is 3.96. The number of nitrogens with two attached hydrogens (primary N) is 1. The molecule has 31 heavy (non-hydrogen) atoms. The molecular weight excluding hydrogens is 418 g/mol. The predicted octanol–water partition coefficient (Wildman–Crippen LogP) is 2.22. The summed E-state index contributed by atoms with van der Waals surface area (Å²) in [5.41, 5.74) is 8.39. The van der Waals surface area contributed by atoms with Crippen molar-refractivity contribution in [2.24, 2.45) is 5.73 Å². The summed E-state index contributed by atoms with van der Waals surface area (Å²) in [6.07, 6.45) is 2.10. The van der Waals surface area contributed by atoms with Gasteiger partial charge in [-0.15, -0.1) is 0 Å². The summed E-state index contributed by atoms with van der Waals surface area (Å²) < 4.78 is 0. The minimum Gasteiger partial charge on any atom is -0.370 e. The van der Waals surface area contributed by atoms with Gasteiger partial charge in [-0.1, -0.05) is 11.6 Å². The number of rotatable bonds is 6. The van der Waals surface area contributed by atoms with E-state index in [4.69, 9.17) is 17.3 Å². The van der Waals surface area contributed by atoms with Crippen LogP contribution in [-0.2, 0) is 4.79 Å². The third-order valence-electron chi connectivity index (χ3n) is 5.61. The summed E-state index contributed by atoms with van der Waals surface area (Å²) in [5, 5.41) is 9.82. The number of amides is 1. The molecule has 0 spiro atoms. The van der Waals surface area contributed by atoms with Crippen LogP contribution in [0.5, 0.6) is 0 Å². The van der Waals surface area contributed by atoms with Gasteiger partial charge in [0.25, 0.3) is 5.91 Å². The quantitative estimate of drug-likeness (QED) is 0.535. The molecule has 0 bridgehead atoms. The summed E-state index contributed by atoms with van der Waals surface area (Å²) in [5.74, 6) is 0.262. The maximum absolute atomic E-state index is 11.9. The van der Waals surface area contributed by atoms with Crippen LogP contribution in [0, 0.1) is 6.92 Å². The van der Waals surface area contributed by atoms with Gasteiger partial charge in [-0.3, -0.25) is 9.59 Å². The van der Waals surface area contributed by atoms with Gasteiger partial charge in [-0.25, -0.2) is 9.97 Å². The highest BCUT2D eigenvalue weighted by atomic mass is 35.5. The van der Waals surface area contributed by atoms with Gasteiger partial charge in [0.1, 0.15) is 5.78 Å². The van der Waals surface area contributed by atoms with Crippen LogP contribution < -0.4 is 26.6 Å². The number of Topliss-reactive ketones (excluding diaryl/α,β-unsaturated/α-hetero) is 1. The van der Waals surface area contributed by atoms with Crippen LogP contribution in [0.4, 0.5) is 23.0 Å². The number of nitrogens with one attached hydrogen (secondary N) is 3. The lowest BCUT2D eigenvalue weighted by Crippen LogP contribution is -2.34. The number of anilines is 4. The second-order valence-electron chi connectivity index (χ2n) is 7.91. The van der Waals surface area contributed by atoms with Gasteiger partial charge < -0.3 is 26.6 Å². The van der Waals surface area contributed by atoms with Gasteiger partial charge in [-0.05, 0) is 43.7 Å². The molecule has 2 saturated heterocycles. The first-order valence-corrected chi connectivity index (χ1v) is 10.8. The lowest BCUT2D eigenvalue weighted by Gasteiger charge is -2.29. The largest absolute Gasteiger partial charge is 0.370 e. The van der Waals surface area contributed by atoms with Crippen molar-refractivity contribution in [3.05, 3.63) is 34.6 Å². The Morgan fingerprint density at radius 1 is 1.26 bits per heavy atom. The van der Waals surface area contributed by atoms with Crippen molar-refractivity contribution < 1.29 is 9.59 Å². The maximum atomic E-state index is 11.9. The van der Waals surface area contributed by atoms with Gasteiger partial charge in [0.15, 0.2) is 22.5 Å². The molecule has 0 unspecified atom stereocenters. The molecule has 2 aromatic rings. The van der Waals surface area contributed by atoms with E-state index in [0.717, 1.165) is 49.5 Å². The Kier molecular flexibility index (Phi) is 6.24. The molecule has 164 valence electrons. The SMILES string of the molecule is Cc1cc(Nc2nc(N[C@@H]3CCNC3)c(Cl)nc2C(N)=O)ccc1N1CCC(=O)CC1. The first kappa shape index (κ1) is 21.3. The number of hydrogen-bond acceptors (Lipinski definition) is 8. The second-order valence-corrected chi connectivity index (χ2v) is 8.27. The number of carbonyl (C=O) groups excluding carboxylic acids is 2. The fourth-order valence-corrected chi connectivity index (χ4v) is 4.14. The summed E-state index contributed by atoms with van der Waals surface area (Å²) >= 11 is 6.25. The third kappa shape index (κ3) is 4.88. The van der Waals surface area contributed by atoms with E-state index in [-0.39, 0.29) is 22.7 Å². The van der Waals surface area contributed by atoms with Crippen LogP contribution >= 0.6 is 11.6 Å². The van der Waals surface area contributed by atoms with Gasteiger partial charge in [0, 0.05) is 49.9 Å². The number of carbonyl (C=O) groups is 2. The Hall–Kier alpha value is -2.91. The smallest absolute Gasteiger partial charge is 0.271 e. The number of nitrogens with zero attached hydrogens (tertiary/aromatic N) is 3.